The van der Waals surface area contributed by atoms with Gasteiger partial charge in [-0.05, 0) is 134 Å². The lowest BCUT2D eigenvalue weighted by Crippen LogP contribution is -2.66. The first-order chi connectivity index (χ1) is 37.3. The molecule has 6 nitrogen and oxygen atoms in total. The first-order valence-electron chi connectivity index (χ1n) is 26.1. The molecular formula is C66H37B3N4O2. The highest BCUT2D eigenvalue weighted by Gasteiger charge is 2.52. The first kappa shape index (κ1) is 39.0. The molecule has 6 aliphatic rings. The Morgan fingerprint density at radius 2 is 0.667 bits per heavy atom. The van der Waals surface area contributed by atoms with Gasteiger partial charge < -0.3 is 28.4 Å². The van der Waals surface area contributed by atoms with E-state index < -0.39 is 0 Å². The summed E-state index contributed by atoms with van der Waals surface area (Å²) in [6.07, 6.45) is 0. The fourth-order valence-electron chi connectivity index (χ4n) is 14.9. The van der Waals surface area contributed by atoms with Gasteiger partial charge in [0, 0.05) is 78.1 Å². The fraction of sp³-hybridized carbons (Fsp3) is 0. The molecule has 0 unspecified atom stereocenters. The highest BCUT2D eigenvalue weighted by Crippen LogP contribution is 2.48. The molecule has 13 aromatic rings. The summed E-state index contributed by atoms with van der Waals surface area (Å²) >= 11 is 0. The zero-order valence-electron chi connectivity index (χ0n) is 40.2. The number of nitrogens with zero attached hydrogens (tertiary/aromatic N) is 4. The van der Waals surface area contributed by atoms with Crippen LogP contribution in [0, 0.1) is 0 Å². The highest BCUT2D eigenvalue weighted by molar-refractivity contribution is 7.05. The van der Waals surface area contributed by atoms with Crippen molar-refractivity contribution in [3.8, 4) is 34.4 Å². The van der Waals surface area contributed by atoms with Crippen LogP contribution in [0.5, 0.6) is 23.0 Å². The van der Waals surface area contributed by atoms with Gasteiger partial charge in [-0.3, -0.25) is 0 Å². The summed E-state index contributed by atoms with van der Waals surface area (Å²) in [6.45, 7) is -0.438. The Labute approximate surface area is 432 Å². The molecule has 0 aliphatic carbocycles. The Bertz CT molecular complexity index is 4480. The van der Waals surface area contributed by atoms with E-state index in [0.29, 0.717) is 0 Å². The minimum Gasteiger partial charge on any atom is -0.459 e. The van der Waals surface area contributed by atoms with Crippen molar-refractivity contribution in [3.05, 3.63) is 224 Å². The van der Waals surface area contributed by atoms with E-state index in [1.54, 1.807) is 0 Å². The molecule has 0 bridgehead atoms. The molecule has 19 rings (SSSR count). The lowest BCUT2D eigenvalue weighted by molar-refractivity contribution is 0.490. The molecule has 0 amide bonds. The fourth-order valence-corrected chi connectivity index (χ4v) is 14.9. The van der Waals surface area contributed by atoms with Gasteiger partial charge in [0.2, 0.25) is 0 Å². The predicted molar refractivity (Wildman–Crippen MR) is 311 cm³/mol. The van der Waals surface area contributed by atoms with Gasteiger partial charge in [-0.1, -0.05) is 140 Å². The van der Waals surface area contributed by atoms with Crippen LogP contribution in [0.25, 0.3) is 55.0 Å². The SMILES string of the molecule is c1ccc(N2c3cccc4c3B(c3c2ccc2c3Oc3cccc5c3B2c2cccc3c6ccccc6n-5c23)c2c(ccc3c2Oc2cccc5c2B3c2cccc3c6ccccc6n-5c23)N4c2ccccc2)cc1. The Morgan fingerprint density at radius 1 is 0.267 bits per heavy atom. The number of fused-ring (bicyclic) bond motifs is 20. The molecule has 342 valence electrons. The molecule has 11 aromatic carbocycles. The van der Waals surface area contributed by atoms with E-state index >= 15 is 0 Å². The summed E-state index contributed by atoms with van der Waals surface area (Å²) in [6, 6.07) is 82.9. The third-order valence-corrected chi connectivity index (χ3v) is 17.6. The zero-order chi connectivity index (χ0) is 48.4. The molecule has 6 aliphatic heterocycles. The molecule has 2 aromatic heterocycles. The average Bonchev–Trinajstić information content (AvgIpc) is 4.00. The number of anilines is 6. The van der Waals surface area contributed by atoms with E-state index in [2.05, 4.69) is 243 Å². The monoisotopic (exact) mass is 950 g/mol. The number of aromatic nitrogens is 2. The van der Waals surface area contributed by atoms with Gasteiger partial charge in [-0.25, -0.2) is 0 Å². The number of hydrogen-bond acceptors (Lipinski definition) is 4. The van der Waals surface area contributed by atoms with Crippen molar-refractivity contribution < 1.29 is 9.47 Å². The summed E-state index contributed by atoms with van der Waals surface area (Å²) in [5.41, 5.74) is 24.8. The normalized spacial score (nSPS) is 14.2. The standard InChI is InChI=1S/C66H37B3N4O2/c1-3-16-38(17-4-1)70-50-28-13-29-51-58(50)69(61-54(70)36-34-46-65(61)74-56-32-14-30-52-59(56)67(46)44-24-11-22-42-40-20-7-9-26-48(40)72(52)63(42)44)62-55(71(51)39-18-5-2-6-19-39)37-35-47-66(62)75-57-33-15-31-53-60(57)68(47)45-25-12-23-43-41-21-8-10-27-49(41)73(53)64(43)45/h1-37H. The van der Waals surface area contributed by atoms with Gasteiger partial charge in [-0.15, -0.1) is 0 Å². The number of ether oxygens (including phenoxy) is 2. The third kappa shape index (κ3) is 4.65. The van der Waals surface area contributed by atoms with Crippen LogP contribution in [-0.4, -0.2) is 29.3 Å². The van der Waals surface area contributed by atoms with Crippen LogP contribution < -0.4 is 68.4 Å². The summed E-state index contributed by atoms with van der Waals surface area (Å²) in [5, 5.41) is 5.06. The topological polar surface area (TPSA) is 34.8 Å². The lowest BCUT2D eigenvalue weighted by atomic mass is 9.29. The van der Waals surface area contributed by atoms with Crippen LogP contribution in [-0.2, 0) is 0 Å². The second kappa shape index (κ2) is 13.7. The van der Waals surface area contributed by atoms with Crippen LogP contribution >= 0.6 is 0 Å². The molecule has 0 spiro atoms. The average molecular weight is 950 g/mol. The van der Waals surface area contributed by atoms with Crippen molar-refractivity contribution >= 4 is 147 Å². The zero-order valence-corrected chi connectivity index (χ0v) is 40.2. The number of hydrogen-bond donors (Lipinski definition) is 0. The Morgan fingerprint density at radius 3 is 1.16 bits per heavy atom. The molecule has 8 heterocycles. The minimum absolute atomic E-state index is 0.0721. The van der Waals surface area contributed by atoms with Gasteiger partial charge in [0.25, 0.3) is 20.1 Å². The van der Waals surface area contributed by atoms with Gasteiger partial charge >= 0.3 is 0 Å². The van der Waals surface area contributed by atoms with Crippen molar-refractivity contribution in [3.63, 3.8) is 0 Å². The van der Waals surface area contributed by atoms with Crippen LogP contribution in [0.3, 0.4) is 0 Å². The summed E-state index contributed by atoms with van der Waals surface area (Å²) in [7, 11) is 0. The maximum atomic E-state index is 7.72. The van der Waals surface area contributed by atoms with E-state index in [9.17, 15) is 0 Å². The summed E-state index contributed by atoms with van der Waals surface area (Å²) in [4.78, 5) is 4.96. The first-order valence-corrected chi connectivity index (χ1v) is 26.1. The van der Waals surface area contributed by atoms with Crippen LogP contribution in [0.2, 0.25) is 0 Å². The molecule has 75 heavy (non-hydrogen) atoms. The van der Waals surface area contributed by atoms with Gasteiger partial charge in [0.15, 0.2) is 0 Å². The largest absolute Gasteiger partial charge is 0.459 e. The molecule has 0 saturated carbocycles. The lowest BCUT2D eigenvalue weighted by Gasteiger charge is -2.46. The molecular weight excluding hydrogens is 913 g/mol. The van der Waals surface area contributed by atoms with Crippen molar-refractivity contribution in [1.29, 1.82) is 0 Å². The summed E-state index contributed by atoms with van der Waals surface area (Å²) < 4.78 is 20.4. The molecule has 0 atom stereocenters. The Hall–Kier alpha value is -9.59. The molecule has 0 N–H and O–H groups in total. The van der Waals surface area contributed by atoms with Crippen molar-refractivity contribution in [2.45, 2.75) is 0 Å². The van der Waals surface area contributed by atoms with E-state index in [1.807, 2.05) is 0 Å². The van der Waals surface area contributed by atoms with Crippen LogP contribution in [0.1, 0.15) is 0 Å². The molecule has 0 radical (unpaired) electrons. The number of benzene rings is 11. The van der Waals surface area contributed by atoms with Crippen LogP contribution in [0.4, 0.5) is 34.1 Å². The smallest absolute Gasteiger partial charge is 0.261 e. The van der Waals surface area contributed by atoms with Crippen molar-refractivity contribution in [1.82, 2.24) is 9.13 Å². The Kier molecular flexibility index (Phi) is 7.14. The predicted octanol–water partition coefficient (Wildman–Crippen LogP) is 9.83. The van der Waals surface area contributed by atoms with E-state index in [0.717, 1.165) is 68.0 Å². The van der Waals surface area contributed by atoms with Crippen molar-refractivity contribution in [2.24, 2.45) is 0 Å². The second-order valence-corrected chi connectivity index (χ2v) is 21.0. The number of rotatable bonds is 2. The highest BCUT2D eigenvalue weighted by atomic mass is 16.5. The van der Waals surface area contributed by atoms with Crippen molar-refractivity contribution in [2.75, 3.05) is 9.80 Å². The quantitative estimate of drug-likeness (QED) is 0.162. The molecule has 0 fully saturated rings. The Balaban J connectivity index is 0.938. The van der Waals surface area contributed by atoms with Gasteiger partial charge in [-0.2, -0.15) is 0 Å². The number of para-hydroxylation sites is 6. The van der Waals surface area contributed by atoms with Crippen LogP contribution in [0.15, 0.2) is 224 Å². The minimum atomic E-state index is -0.294. The summed E-state index contributed by atoms with van der Waals surface area (Å²) in [5.74, 6) is 3.61. The third-order valence-electron chi connectivity index (χ3n) is 17.6. The second-order valence-electron chi connectivity index (χ2n) is 21.0. The van der Waals surface area contributed by atoms with E-state index in [4.69, 9.17) is 9.47 Å². The molecule has 9 heteroatoms. The van der Waals surface area contributed by atoms with E-state index in [-0.39, 0.29) is 20.1 Å². The maximum Gasteiger partial charge on any atom is 0.261 e. The van der Waals surface area contributed by atoms with Gasteiger partial charge in [0.05, 0.1) is 11.0 Å². The molecule has 0 saturated heterocycles. The van der Waals surface area contributed by atoms with Gasteiger partial charge in [0.1, 0.15) is 23.0 Å². The van der Waals surface area contributed by atoms with E-state index in [1.165, 1.54) is 93.2 Å². The maximum absolute atomic E-state index is 7.72.